The molecule has 1 atom stereocenters. The van der Waals surface area contributed by atoms with E-state index in [1.807, 2.05) is 0 Å². The van der Waals surface area contributed by atoms with Gasteiger partial charge in [-0.2, -0.15) is 4.39 Å². The lowest BCUT2D eigenvalue weighted by Gasteiger charge is -2.09. The number of hydrogen-bond acceptors (Lipinski definition) is 3. The molecule has 82 valence electrons. The van der Waals surface area contributed by atoms with Crippen LogP contribution in [0.3, 0.4) is 0 Å². The highest BCUT2D eigenvalue weighted by Crippen LogP contribution is 2.18. The molecule has 3 N–H and O–H groups in total. The Hall–Kier alpha value is -1.69. The average Bonchev–Trinajstić information content (AvgIpc) is 2.19. The molecule has 0 amide bonds. The van der Waals surface area contributed by atoms with Gasteiger partial charge in [0.25, 0.3) is 0 Å². The molecule has 0 fully saturated rings. The Morgan fingerprint density at radius 2 is 2.20 bits per heavy atom. The summed E-state index contributed by atoms with van der Waals surface area (Å²) in [7, 11) is 0. The fourth-order valence-electron chi connectivity index (χ4n) is 0.846. The van der Waals surface area contributed by atoms with Crippen molar-refractivity contribution in [2.45, 2.75) is 6.04 Å². The van der Waals surface area contributed by atoms with Crippen LogP contribution in [-0.4, -0.2) is 23.7 Å². The first-order chi connectivity index (χ1) is 7.02. The van der Waals surface area contributed by atoms with Gasteiger partial charge in [0.1, 0.15) is 12.6 Å². The number of carboxylic acid groups (broad SMARTS) is 1. The van der Waals surface area contributed by atoms with Crippen molar-refractivity contribution in [2.75, 3.05) is 6.61 Å². The van der Waals surface area contributed by atoms with Gasteiger partial charge in [-0.1, -0.05) is 6.07 Å². The molecule has 1 aromatic rings. The second kappa shape index (κ2) is 4.70. The molecule has 4 nitrogen and oxygen atoms in total. The molecule has 15 heavy (non-hydrogen) atoms. The highest BCUT2D eigenvalue weighted by Gasteiger charge is 2.14. The van der Waals surface area contributed by atoms with Gasteiger partial charge < -0.3 is 15.6 Å². The summed E-state index contributed by atoms with van der Waals surface area (Å²) in [6.45, 7) is -0.421. The molecular formula is C9H9F2NO3. The van der Waals surface area contributed by atoms with Crippen molar-refractivity contribution in [3.8, 4) is 5.75 Å². The maximum absolute atomic E-state index is 13.0. The molecular weight excluding hydrogens is 208 g/mol. The van der Waals surface area contributed by atoms with Crippen LogP contribution in [0.15, 0.2) is 18.2 Å². The van der Waals surface area contributed by atoms with Gasteiger partial charge in [0.2, 0.25) is 5.82 Å². The van der Waals surface area contributed by atoms with Gasteiger partial charge in [0.15, 0.2) is 11.6 Å². The maximum atomic E-state index is 13.0. The van der Waals surface area contributed by atoms with Crippen LogP contribution in [0.2, 0.25) is 0 Å². The van der Waals surface area contributed by atoms with E-state index in [0.29, 0.717) is 0 Å². The van der Waals surface area contributed by atoms with Crippen molar-refractivity contribution >= 4 is 5.97 Å². The average molecular weight is 217 g/mol. The van der Waals surface area contributed by atoms with Gasteiger partial charge >= 0.3 is 5.97 Å². The zero-order valence-electron chi connectivity index (χ0n) is 7.61. The number of aliphatic carboxylic acids is 1. The molecule has 6 heteroatoms. The van der Waals surface area contributed by atoms with Crippen molar-refractivity contribution < 1.29 is 23.4 Å². The number of carboxylic acids is 1. The van der Waals surface area contributed by atoms with Crippen molar-refractivity contribution in [1.29, 1.82) is 0 Å². The summed E-state index contributed by atoms with van der Waals surface area (Å²) in [6.07, 6.45) is 0. The van der Waals surface area contributed by atoms with Crippen LogP contribution in [-0.2, 0) is 4.79 Å². The Morgan fingerprint density at radius 3 is 2.80 bits per heavy atom. The summed E-state index contributed by atoms with van der Waals surface area (Å²) >= 11 is 0. The van der Waals surface area contributed by atoms with E-state index < -0.39 is 30.3 Å². The quantitative estimate of drug-likeness (QED) is 0.780. The van der Waals surface area contributed by atoms with Gasteiger partial charge in [-0.25, -0.2) is 4.39 Å². The molecule has 0 heterocycles. The Bertz CT molecular complexity index is 370. The predicted molar refractivity (Wildman–Crippen MR) is 47.5 cm³/mol. The van der Waals surface area contributed by atoms with Crippen LogP contribution in [0, 0.1) is 11.6 Å². The van der Waals surface area contributed by atoms with Gasteiger partial charge in [-0.15, -0.1) is 0 Å². The molecule has 0 aromatic heterocycles. The standard InChI is InChI=1S/C9H9F2NO3/c10-5-2-1-3-7(8(5)11)15-4-6(12)9(13)14/h1-3,6H,4,12H2,(H,13,14)/t6-/m0/s1. The minimum Gasteiger partial charge on any atom is -0.488 e. The van der Waals surface area contributed by atoms with Crippen molar-refractivity contribution in [3.05, 3.63) is 29.8 Å². The fraction of sp³-hybridized carbons (Fsp3) is 0.222. The van der Waals surface area contributed by atoms with E-state index in [-0.39, 0.29) is 5.75 Å². The fourth-order valence-corrected chi connectivity index (χ4v) is 0.846. The minimum atomic E-state index is -1.27. The Labute approximate surface area is 84.3 Å². The van der Waals surface area contributed by atoms with E-state index in [4.69, 9.17) is 15.6 Å². The topological polar surface area (TPSA) is 72.5 Å². The van der Waals surface area contributed by atoms with Gasteiger partial charge in [-0.05, 0) is 12.1 Å². The zero-order chi connectivity index (χ0) is 11.4. The van der Waals surface area contributed by atoms with E-state index in [1.165, 1.54) is 12.1 Å². The summed E-state index contributed by atoms with van der Waals surface area (Å²) in [5.74, 6) is -3.84. The van der Waals surface area contributed by atoms with E-state index in [2.05, 4.69) is 0 Å². The highest BCUT2D eigenvalue weighted by atomic mass is 19.2. The van der Waals surface area contributed by atoms with Crippen molar-refractivity contribution in [2.24, 2.45) is 5.73 Å². The number of benzene rings is 1. The smallest absolute Gasteiger partial charge is 0.324 e. The maximum Gasteiger partial charge on any atom is 0.324 e. The second-order valence-electron chi connectivity index (χ2n) is 2.81. The summed E-state index contributed by atoms with van der Waals surface area (Å²) in [5.41, 5.74) is 5.11. The lowest BCUT2D eigenvalue weighted by Crippen LogP contribution is -2.36. The molecule has 0 saturated heterocycles. The normalized spacial score (nSPS) is 12.2. The number of ether oxygens (including phenoxy) is 1. The molecule has 1 aromatic carbocycles. The molecule has 1 rings (SSSR count). The molecule has 0 aliphatic heterocycles. The zero-order valence-corrected chi connectivity index (χ0v) is 7.61. The van der Waals surface area contributed by atoms with Crippen LogP contribution in [0.25, 0.3) is 0 Å². The first-order valence-electron chi connectivity index (χ1n) is 4.07. The van der Waals surface area contributed by atoms with Crippen molar-refractivity contribution in [3.63, 3.8) is 0 Å². The lowest BCUT2D eigenvalue weighted by molar-refractivity contribution is -0.139. The van der Waals surface area contributed by atoms with Crippen LogP contribution >= 0.6 is 0 Å². The van der Waals surface area contributed by atoms with Crippen LogP contribution < -0.4 is 10.5 Å². The molecule has 0 spiro atoms. The SMILES string of the molecule is N[C@@H](COc1cccc(F)c1F)C(=O)O. The number of rotatable bonds is 4. The first-order valence-corrected chi connectivity index (χ1v) is 4.07. The monoisotopic (exact) mass is 217 g/mol. The van der Waals surface area contributed by atoms with Crippen LogP contribution in [0.5, 0.6) is 5.75 Å². The van der Waals surface area contributed by atoms with E-state index in [0.717, 1.165) is 6.07 Å². The molecule has 0 aliphatic carbocycles. The Morgan fingerprint density at radius 1 is 1.53 bits per heavy atom. The van der Waals surface area contributed by atoms with Gasteiger partial charge in [-0.3, -0.25) is 4.79 Å². The van der Waals surface area contributed by atoms with Gasteiger partial charge in [0.05, 0.1) is 0 Å². The van der Waals surface area contributed by atoms with E-state index >= 15 is 0 Å². The molecule has 0 saturated carbocycles. The van der Waals surface area contributed by atoms with E-state index in [1.54, 1.807) is 0 Å². The summed E-state index contributed by atoms with van der Waals surface area (Å²) in [6, 6.07) is 2.10. The summed E-state index contributed by atoms with van der Waals surface area (Å²) < 4.78 is 30.3. The van der Waals surface area contributed by atoms with Gasteiger partial charge in [0, 0.05) is 0 Å². The largest absolute Gasteiger partial charge is 0.488 e. The van der Waals surface area contributed by atoms with Crippen molar-refractivity contribution in [1.82, 2.24) is 0 Å². The summed E-state index contributed by atoms with van der Waals surface area (Å²) in [5, 5.41) is 8.41. The third-order valence-corrected chi connectivity index (χ3v) is 1.65. The highest BCUT2D eigenvalue weighted by molar-refractivity contribution is 5.73. The minimum absolute atomic E-state index is 0.355. The third kappa shape index (κ3) is 2.88. The predicted octanol–water partition coefficient (Wildman–Crippen LogP) is 0.756. The summed E-state index contributed by atoms with van der Waals surface area (Å²) in [4.78, 5) is 10.3. The molecule has 0 aliphatic rings. The number of halogens is 2. The van der Waals surface area contributed by atoms with Crippen LogP contribution in [0.4, 0.5) is 8.78 Å². The Balaban J connectivity index is 2.66. The first kappa shape index (κ1) is 11.4. The van der Waals surface area contributed by atoms with E-state index in [9.17, 15) is 13.6 Å². The molecule has 0 radical (unpaired) electrons. The third-order valence-electron chi connectivity index (χ3n) is 1.65. The number of hydrogen-bond donors (Lipinski definition) is 2. The number of carbonyl (C=O) groups is 1. The Kier molecular flexibility index (Phi) is 3.56. The molecule has 0 bridgehead atoms. The molecule has 0 unspecified atom stereocenters. The number of nitrogens with two attached hydrogens (primary N) is 1. The second-order valence-corrected chi connectivity index (χ2v) is 2.81. The lowest BCUT2D eigenvalue weighted by atomic mass is 10.3. The van der Waals surface area contributed by atoms with Crippen LogP contribution in [0.1, 0.15) is 0 Å².